The number of pyridine rings is 1. The molecule has 0 amide bonds. The van der Waals surface area contributed by atoms with E-state index in [1.54, 1.807) is 12.5 Å². The van der Waals surface area contributed by atoms with E-state index in [-0.39, 0.29) is 0 Å². The third-order valence-corrected chi connectivity index (χ3v) is 2.52. The molecule has 2 aromatic rings. The molecule has 0 aliphatic rings. The second kappa shape index (κ2) is 4.44. The minimum absolute atomic E-state index is 0.726. The Balaban J connectivity index is 2.05. The number of anilines is 1. The quantitative estimate of drug-likeness (QED) is 0.840. The number of aromatic amines is 1. The lowest BCUT2D eigenvalue weighted by atomic mass is 10.3. The van der Waals surface area contributed by atoms with Crippen molar-refractivity contribution >= 4 is 21.6 Å². The van der Waals surface area contributed by atoms with Crippen molar-refractivity contribution in [1.29, 1.82) is 0 Å². The van der Waals surface area contributed by atoms with Crippen LogP contribution in [0, 0.1) is 6.92 Å². The normalized spacial score (nSPS) is 10.3. The van der Waals surface area contributed by atoms with Crippen LogP contribution in [0.5, 0.6) is 0 Å². The molecule has 0 fully saturated rings. The van der Waals surface area contributed by atoms with E-state index in [4.69, 9.17) is 0 Å². The number of nitrogens with zero attached hydrogens (tertiary/aromatic N) is 2. The smallest absolute Gasteiger partial charge is 0.106 e. The molecular formula is C10H11BrN4. The van der Waals surface area contributed by atoms with Gasteiger partial charge in [-0.25, -0.2) is 9.97 Å². The molecule has 0 aliphatic carbocycles. The van der Waals surface area contributed by atoms with Gasteiger partial charge in [0.05, 0.1) is 29.9 Å². The zero-order chi connectivity index (χ0) is 10.7. The molecule has 2 aromatic heterocycles. The maximum Gasteiger partial charge on any atom is 0.106 e. The summed E-state index contributed by atoms with van der Waals surface area (Å²) in [7, 11) is 0. The Bertz CT molecular complexity index is 439. The highest BCUT2D eigenvalue weighted by molar-refractivity contribution is 9.10. The molecule has 0 aromatic carbocycles. The number of hydrogen-bond acceptors (Lipinski definition) is 3. The predicted molar refractivity (Wildman–Crippen MR) is 62.6 cm³/mol. The van der Waals surface area contributed by atoms with Gasteiger partial charge < -0.3 is 10.3 Å². The van der Waals surface area contributed by atoms with Crippen LogP contribution in [0.25, 0.3) is 0 Å². The molecule has 2 heterocycles. The molecule has 15 heavy (non-hydrogen) atoms. The van der Waals surface area contributed by atoms with Crippen molar-refractivity contribution in [2.75, 3.05) is 5.32 Å². The van der Waals surface area contributed by atoms with E-state index in [1.807, 2.05) is 19.1 Å². The molecule has 5 heteroatoms. The lowest BCUT2D eigenvalue weighted by Gasteiger charge is -2.07. The second-order valence-electron chi connectivity index (χ2n) is 3.20. The van der Waals surface area contributed by atoms with Crippen LogP contribution in [-0.2, 0) is 6.54 Å². The van der Waals surface area contributed by atoms with E-state index in [9.17, 15) is 0 Å². The van der Waals surface area contributed by atoms with Crippen molar-refractivity contribution in [1.82, 2.24) is 15.0 Å². The van der Waals surface area contributed by atoms with Crippen molar-refractivity contribution in [3.05, 3.63) is 40.6 Å². The number of rotatable bonds is 3. The number of imidazole rings is 1. The predicted octanol–water partition coefficient (Wildman–Crippen LogP) is 2.49. The number of nitrogens with one attached hydrogen (secondary N) is 2. The molecule has 0 spiro atoms. The molecule has 0 unspecified atom stereocenters. The fraction of sp³-hybridized carbons (Fsp3) is 0.200. The SMILES string of the molecule is Cc1nc(Br)ccc1NCc1cnc[nH]1. The van der Waals surface area contributed by atoms with Crippen LogP contribution in [0.1, 0.15) is 11.4 Å². The van der Waals surface area contributed by atoms with E-state index in [0.717, 1.165) is 28.2 Å². The number of aryl methyl sites for hydroxylation is 1. The Kier molecular flexibility index (Phi) is 3.01. The zero-order valence-electron chi connectivity index (χ0n) is 8.29. The second-order valence-corrected chi connectivity index (χ2v) is 4.01. The van der Waals surface area contributed by atoms with Crippen molar-refractivity contribution in [2.45, 2.75) is 13.5 Å². The summed E-state index contributed by atoms with van der Waals surface area (Å²) >= 11 is 3.33. The van der Waals surface area contributed by atoms with E-state index >= 15 is 0 Å². The lowest BCUT2D eigenvalue weighted by molar-refractivity contribution is 1.05. The van der Waals surface area contributed by atoms with Crippen LogP contribution in [0.4, 0.5) is 5.69 Å². The summed E-state index contributed by atoms with van der Waals surface area (Å²) in [5, 5.41) is 3.29. The van der Waals surface area contributed by atoms with Crippen LogP contribution < -0.4 is 5.32 Å². The first-order valence-corrected chi connectivity index (χ1v) is 5.39. The molecular weight excluding hydrogens is 256 g/mol. The maximum atomic E-state index is 4.30. The van der Waals surface area contributed by atoms with Gasteiger partial charge in [-0.05, 0) is 35.0 Å². The van der Waals surface area contributed by atoms with Crippen molar-refractivity contribution < 1.29 is 0 Å². The van der Waals surface area contributed by atoms with Gasteiger partial charge in [0.2, 0.25) is 0 Å². The average Bonchev–Trinajstić information content (AvgIpc) is 2.69. The first-order valence-electron chi connectivity index (χ1n) is 4.60. The van der Waals surface area contributed by atoms with Crippen LogP contribution in [0.3, 0.4) is 0 Å². The van der Waals surface area contributed by atoms with Crippen molar-refractivity contribution in [2.24, 2.45) is 0 Å². The van der Waals surface area contributed by atoms with Gasteiger partial charge in [-0.15, -0.1) is 0 Å². The average molecular weight is 267 g/mol. The Morgan fingerprint density at radius 1 is 1.47 bits per heavy atom. The molecule has 2 rings (SSSR count). The standard InChI is InChI=1S/C10H11BrN4/c1-7-9(2-3-10(11)15-7)13-5-8-4-12-6-14-8/h2-4,6,13H,5H2,1H3,(H,12,14). The molecule has 0 aliphatic heterocycles. The summed E-state index contributed by atoms with van der Waals surface area (Å²) in [6.45, 7) is 2.70. The monoisotopic (exact) mass is 266 g/mol. The molecule has 0 atom stereocenters. The first-order chi connectivity index (χ1) is 7.25. The third kappa shape index (κ3) is 2.56. The Hall–Kier alpha value is -1.36. The van der Waals surface area contributed by atoms with Gasteiger partial charge in [0.15, 0.2) is 0 Å². The molecule has 4 nitrogen and oxygen atoms in total. The Labute approximate surface area is 96.3 Å². The fourth-order valence-corrected chi connectivity index (χ4v) is 1.69. The van der Waals surface area contributed by atoms with Crippen LogP contribution in [-0.4, -0.2) is 15.0 Å². The van der Waals surface area contributed by atoms with Crippen molar-refractivity contribution in [3.63, 3.8) is 0 Å². The van der Waals surface area contributed by atoms with Gasteiger partial charge in [0, 0.05) is 6.20 Å². The summed E-state index contributed by atoms with van der Waals surface area (Å²) in [6, 6.07) is 3.92. The number of hydrogen-bond donors (Lipinski definition) is 2. The molecule has 78 valence electrons. The summed E-state index contributed by atoms with van der Waals surface area (Å²) < 4.78 is 0.854. The summed E-state index contributed by atoms with van der Waals surface area (Å²) in [6.07, 6.45) is 3.47. The Morgan fingerprint density at radius 3 is 3.00 bits per heavy atom. The molecule has 0 radical (unpaired) electrons. The number of H-pyrrole nitrogens is 1. The van der Waals surface area contributed by atoms with Gasteiger partial charge >= 0.3 is 0 Å². The van der Waals surface area contributed by atoms with Gasteiger partial charge in [-0.3, -0.25) is 0 Å². The highest BCUT2D eigenvalue weighted by Gasteiger charge is 2.00. The highest BCUT2D eigenvalue weighted by atomic mass is 79.9. The van der Waals surface area contributed by atoms with Crippen LogP contribution in [0.2, 0.25) is 0 Å². The van der Waals surface area contributed by atoms with Gasteiger partial charge in [0.25, 0.3) is 0 Å². The fourth-order valence-electron chi connectivity index (χ4n) is 1.29. The third-order valence-electron chi connectivity index (χ3n) is 2.08. The Morgan fingerprint density at radius 2 is 2.33 bits per heavy atom. The van der Waals surface area contributed by atoms with Crippen molar-refractivity contribution in [3.8, 4) is 0 Å². The van der Waals surface area contributed by atoms with Gasteiger partial charge in [0.1, 0.15) is 4.60 Å². The van der Waals surface area contributed by atoms with Crippen LogP contribution in [0.15, 0.2) is 29.3 Å². The number of aromatic nitrogens is 3. The van der Waals surface area contributed by atoms with E-state index in [2.05, 4.69) is 36.2 Å². The number of halogens is 1. The maximum absolute atomic E-state index is 4.30. The summed E-state index contributed by atoms with van der Waals surface area (Å²) in [5.74, 6) is 0. The summed E-state index contributed by atoms with van der Waals surface area (Å²) in [4.78, 5) is 11.3. The molecule has 0 saturated heterocycles. The largest absolute Gasteiger partial charge is 0.378 e. The molecule has 0 saturated carbocycles. The van der Waals surface area contributed by atoms with E-state index < -0.39 is 0 Å². The van der Waals surface area contributed by atoms with Gasteiger partial charge in [-0.2, -0.15) is 0 Å². The van der Waals surface area contributed by atoms with E-state index in [0.29, 0.717) is 0 Å². The lowest BCUT2D eigenvalue weighted by Crippen LogP contribution is -2.02. The zero-order valence-corrected chi connectivity index (χ0v) is 9.87. The summed E-state index contributed by atoms with van der Waals surface area (Å²) in [5.41, 5.74) is 3.06. The van der Waals surface area contributed by atoms with E-state index in [1.165, 1.54) is 0 Å². The molecule has 0 bridgehead atoms. The highest BCUT2D eigenvalue weighted by Crippen LogP contribution is 2.16. The first kappa shape index (κ1) is 10.2. The minimum Gasteiger partial charge on any atom is -0.378 e. The molecule has 2 N–H and O–H groups in total. The van der Waals surface area contributed by atoms with Crippen LogP contribution >= 0.6 is 15.9 Å². The minimum atomic E-state index is 0.726. The van der Waals surface area contributed by atoms with Gasteiger partial charge in [-0.1, -0.05) is 0 Å². The topological polar surface area (TPSA) is 53.6 Å².